The number of aromatic nitrogens is 1. The van der Waals surface area contributed by atoms with E-state index in [1.807, 2.05) is 0 Å². The maximum Gasteiger partial charge on any atom is 0.284 e. The fourth-order valence-electron chi connectivity index (χ4n) is 2.97. The maximum atomic E-state index is 12.6. The first-order chi connectivity index (χ1) is 13.6. The first-order valence-corrected chi connectivity index (χ1v) is 8.48. The Labute approximate surface area is 160 Å². The second kappa shape index (κ2) is 6.96. The van der Waals surface area contributed by atoms with E-state index >= 15 is 0 Å². The fraction of sp³-hybridized carbons (Fsp3) is 0.0476. The minimum absolute atomic E-state index is 0.112. The molecule has 3 aromatic rings. The second-order valence-electron chi connectivity index (χ2n) is 6.08. The zero-order chi connectivity index (χ0) is 19.7. The lowest BCUT2D eigenvalue weighted by atomic mass is 10.1. The molecule has 0 saturated carbocycles. The highest BCUT2D eigenvalue weighted by Crippen LogP contribution is 2.27. The Morgan fingerprint density at radius 1 is 1.00 bits per heavy atom. The van der Waals surface area contributed by atoms with Gasteiger partial charge in [-0.15, -0.1) is 0 Å². The van der Waals surface area contributed by atoms with Crippen LogP contribution in [0.15, 0.2) is 66.9 Å². The molecule has 0 radical (unpaired) electrons. The highest BCUT2D eigenvalue weighted by molar-refractivity contribution is 6.33. The van der Waals surface area contributed by atoms with Crippen molar-refractivity contribution in [3.8, 4) is 5.75 Å². The molecule has 4 rings (SSSR count). The van der Waals surface area contributed by atoms with Gasteiger partial charge in [0, 0.05) is 17.4 Å². The molecule has 1 aliphatic rings. The average Bonchev–Trinajstić information content (AvgIpc) is 2.99. The number of rotatable bonds is 4. The van der Waals surface area contributed by atoms with Crippen LogP contribution in [0.3, 0.4) is 0 Å². The van der Waals surface area contributed by atoms with Crippen LogP contribution in [0, 0.1) is 0 Å². The molecular formula is C21H15N3O4. The first-order valence-electron chi connectivity index (χ1n) is 8.48. The predicted molar refractivity (Wildman–Crippen MR) is 103 cm³/mol. The van der Waals surface area contributed by atoms with Crippen molar-refractivity contribution in [3.63, 3.8) is 0 Å². The zero-order valence-corrected chi connectivity index (χ0v) is 14.9. The number of methoxy groups -OCH3 is 1. The van der Waals surface area contributed by atoms with Crippen molar-refractivity contribution in [3.05, 3.63) is 83.7 Å². The molecular weight excluding hydrogens is 358 g/mol. The number of hydrogen-bond acceptors (Lipinski definition) is 5. The van der Waals surface area contributed by atoms with E-state index in [1.54, 1.807) is 61.7 Å². The molecule has 0 bridgehead atoms. The van der Waals surface area contributed by atoms with E-state index in [4.69, 9.17) is 4.74 Å². The molecule has 138 valence electrons. The number of carbonyl (C=O) groups is 3. The van der Waals surface area contributed by atoms with Gasteiger partial charge >= 0.3 is 0 Å². The summed E-state index contributed by atoms with van der Waals surface area (Å²) in [4.78, 5) is 42.8. The highest BCUT2D eigenvalue weighted by Gasteiger charge is 2.37. The van der Waals surface area contributed by atoms with Gasteiger partial charge in [0.1, 0.15) is 11.4 Å². The minimum Gasteiger partial charge on any atom is -0.497 e. The van der Waals surface area contributed by atoms with Crippen molar-refractivity contribution in [1.82, 2.24) is 4.98 Å². The summed E-state index contributed by atoms with van der Waals surface area (Å²) in [5.74, 6) is -0.643. The summed E-state index contributed by atoms with van der Waals surface area (Å²) in [6.07, 6.45) is 1.46. The number of nitrogens with zero attached hydrogens (tertiary/aromatic N) is 2. The number of carbonyl (C=O) groups excluding carboxylic acids is 3. The van der Waals surface area contributed by atoms with Crippen molar-refractivity contribution in [2.24, 2.45) is 0 Å². The Bertz CT molecular complexity index is 1060. The van der Waals surface area contributed by atoms with Crippen molar-refractivity contribution >= 4 is 29.1 Å². The molecule has 1 N–H and O–H groups in total. The third kappa shape index (κ3) is 2.99. The van der Waals surface area contributed by atoms with Gasteiger partial charge in [0.05, 0.1) is 18.4 Å². The van der Waals surface area contributed by atoms with Gasteiger partial charge in [-0.2, -0.15) is 0 Å². The summed E-state index contributed by atoms with van der Waals surface area (Å²) >= 11 is 0. The smallest absolute Gasteiger partial charge is 0.284 e. The molecule has 2 heterocycles. The summed E-state index contributed by atoms with van der Waals surface area (Å²) in [5, 5.41) is 2.77. The zero-order valence-electron chi connectivity index (χ0n) is 14.9. The van der Waals surface area contributed by atoms with Crippen LogP contribution < -0.4 is 15.0 Å². The lowest BCUT2D eigenvalue weighted by molar-refractivity contribution is 0.0922. The number of benzene rings is 2. The van der Waals surface area contributed by atoms with Crippen LogP contribution in [0.1, 0.15) is 31.2 Å². The molecule has 2 aromatic carbocycles. The molecule has 28 heavy (non-hydrogen) atoms. The van der Waals surface area contributed by atoms with Gasteiger partial charge in [0.15, 0.2) is 0 Å². The number of anilines is 2. The van der Waals surface area contributed by atoms with Crippen LogP contribution >= 0.6 is 0 Å². The fourth-order valence-corrected chi connectivity index (χ4v) is 2.97. The number of pyridine rings is 1. The Morgan fingerprint density at radius 3 is 2.50 bits per heavy atom. The molecule has 3 amide bonds. The van der Waals surface area contributed by atoms with Crippen molar-refractivity contribution < 1.29 is 19.1 Å². The Balaban J connectivity index is 1.59. The molecule has 1 aromatic heterocycles. The van der Waals surface area contributed by atoms with Crippen molar-refractivity contribution in [2.45, 2.75) is 0 Å². The van der Waals surface area contributed by atoms with Gasteiger partial charge in [-0.25, -0.2) is 4.90 Å². The number of ether oxygens (including phenoxy) is 1. The van der Waals surface area contributed by atoms with E-state index in [9.17, 15) is 14.4 Å². The van der Waals surface area contributed by atoms with Gasteiger partial charge in [0.25, 0.3) is 17.7 Å². The normalized spacial score (nSPS) is 12.7. The van der Waals surface area contributed by atoms with Gasteiger partial charge in [-0.05, 0) is 54.6 Å². The molecule has 7 nitrogen and oxygen atoms in total. The summed E-state index contributed by atoms with van der Waals surface area (Å²) < 4.78 is 5.09. The number of fused-ring (bicyclic) bond motifs is 1. The van der Waals surface area contributed by atoms with E-state index in [0.29, 0.717) is 22.7 Å². The Hall–Kier alpha value is -4.00. The van der Waals surface area contributed by atoms with Crippen LogP contribution in [-0.2, 0) is 0 Å². The predicted octanol–water partition coefficient (Wildman–Crippen LogP) is 3.14. The maximum absolute atomic E-state index is 12.6. The molecule has 7 heteroatoms. The van der Waals surface area contributed by atoms with Crippen molar-refractivity contribution in [2.75, 3.05) is 17.3 Å². The minimum atomic E-state index is -0.506. The third-order valence-electron chi connectivity index (χ3n) is 4.36. The standard InChI is InChI=1S/C21H15N3O4/c1-28-16-9-7-14(8-10-16)23-19(25)13-4-2-5-15(12-13)24-20(26)17-6-3-11-22-18(17)21(24)27/h2-12H,1H3,(H,23,25). The quantitative estimate of drug-likeness (QED) is 0.710. The van der Waals surface area contributed by atoms with Gasteiger partial charge in [-0.1, -0.05) is 6.07 Å². The third-order valence-corrected chi connectivity index (χ3v) is 4.36. The molecule has 0 atom stereocenters. The van der Waals surface area contributed by atoms with Crippen LogP contribution in [0.25, 0.3) is 0 Å². The van der Waals surface area contributed by atoms with E-state index in [1.165, 1.54) is 12.3 Å². The highest BCUT2D eigenvalue weighted by atomic mass is 16.5. The number of imide groups is 1. The topological polar surface area (TPSA) is 88.6 Å². The van der Waals surface area contributed by atoms with Crippen molar-refractivity contribution in [1.29, 1.82) is 0 Å². The van der Waals surface area contributed by atoms with Crippen LogP contribution in [-0.4, -0.2) is 29.8 Å². The Kier molecular flexibility index (Phi) is 4.33. The Morgan fingerprint density at radius 2 is 1.79 bits per heavy atom. The summed E-state index contributed by atoms with van der Waals surface area (Å²) in [5.41, 5.74) is 1.59. The summed E-state index contributed by atoms with van der Waals surface area (Å²) in [7, 11) is 1.56. The second-order valence-corrected chi connectivity index (χ2v) is 6.08. The van der Waals surface area contributed by atoms with Gasteiger partial charge in [0.2, 0.25) is 0 Å². The summed E-state index contributed by atoms with van der Waals surface area (Å²) in [6, 6.07) is 16.4. The molecule has 1 aliphatic heterocycles. The number of amides is 3. The molecule has 0 unspecified atom stereocenters. The van der Waals surface area contributed by atoms with Gasteiger partial charge in [-0.3, -0.25) is 19.4 Å². The average molecular weight is 373 g/mol. The van der Waals surface area contributed by atoms with E-state index in [0.717, 1.165) is 4.90 Å². The first kappa shape index (κ1) is 17.4. The lowest BCUT2D eigenvalue weighted by Crippen LogP contribution is -2.29. The van der Waals surface area contributed by atoms with Crippen LogP contribution in [0.2, 0.25) is 0 Å². The summed E-state index contributed by atoms with van der Waals surface area (Å²) in [6.45, 7) is 0. The monoisotopic (exact) mass is 373 g/mol. The van der Waals surface area contributed by atoms with E-state index in [-0.39, 0.29) is 17.2 Å². The van der Waals surface area contributed by atoms with E-state index in [2.05, 4.69) is 10.3 Å². The van der Waals surface area contributed by atoms with E-state index < -0.39 is 11.8 Å². The molecule has 0 fully saturated rings. The van der Waals surface area contributed by atoms with Crippen LogP contribution in [0.5, 0.6) is 5.75 Å². The SMILES string of the molecule is COc1ccc(NC(=O)c2cccc(N3C(=O)c4cccnc4C3=O)c2)cc1. The molecule has 0 aliphatic carbocycles. The lowest BCUT2D eigenvalue weighted by Gasteiger charge is -2.14. The van der Waals surface area contributed by atoms with Crippen LogP contribution in [0.4, 0.5) is 11.4 Å². The number of nitrogens with one attached hydrogen (secondary N) is 1. The molecule has 0 saturated heterocycles. The number of hydrogen-bond donors (Lipinski definition) is 1. The van der Waals surface area contributed by atoms with Gasteiger partial charge < -0.3 is 10.1 Å². The largest absolute Gasteiger partial charge is 0.497 e. The molecule has 0 spiro atoms.